The topological polar surface area (TPSA) is 97.3 Å². The summed E-state index contributed by atoms with van der Waals surface area (Å²) < 4.78 is 5.75. The highest BCUT2D eigenvalue weighted by molar-refractivity contribution is 6.42. The van der Waals surface area contributed by atoms with E-state index in [1.54, 1.807) is 18.2 Å². The summed E-state index contributed by atoms with van der Waals surface area (Å²) in [5, 5.41) is 28.8. The van der Waals surface area contributed by atoms with Gasteiger partial charge in [0, 0.05) is 6.54 Å². The zero-order valence-electron chi connectivity index (χ0n) is 14.4. The summed E-state index contributed by atoms with van der Waals surface area (Å²) in [6, 6.07) is 11.7. The third kappa shape index (κ3) is 3.95. The maximum absolute atomic E-state index is 12.7. The molecular weight excluding hydrogens is 401 g/mol. The van der Waals surface area contributed by atoms with Gasteiger partial charge in [-0.3, -0.25) is 9.69 Å². The Bertz CT molecular complexity index is 1050. The van der Waals surface area contributed by atoms with Crippen molar-refractivity contribution in [1.82, 2.24) is 4.90 Å². The highest BCUT2D eigenvalue weighted by Crippen LogP contribution is 2.40. The van der Waals surface area contributed by atoms with Crippen molar-refractivity contribution < 1.29 is 14.6 Å². The van der Waals surface area contributed by atoms with Crippen LogP contribution in [0.4, 0.5) is 0 Å². The second-order valence-corrected chi connectivity index (χ2v) is 6.83. The van der Waals surface area contributed by atoms with Crippen LogP contribution >= 0.6 is 23.2 Å². The van der Waals surface area contributed by atoms with Crippen LogP contribution in [0.5, 0.6) is 11.5 Å². The van der Waals surface area contributed by atoms with Crippen LogP contribution in [-0.4, -0.2) is 28.9 Å². The maximum atomic E-state index is 12.7. The summed E-state index contributed by atoms with van der Waals surface area (Å²) in [4.78, 5) is 14.2. The fourth-order valence-electron chi connectivity index (χ4n) is 2.79. The molecule has 1 aliphatic rings. The molecule has 0 aromatic heterocycles. The van der Waals surface area contributed by atoms with Gasteiger partial charge >= 0.3 is 0 Å². The first-order valence-electron chi connectivity index (χ1n) is 8.15. The Morgan fingerprint density at radius 1 is 1.11 bits per heavy atom. The molecule has 0 amide bonds. The summed E-state index contributed by atoms with van der Waals surface area (Å²) in [6.45, 7) is 0.0800. The van der Waals surface area contributed by atoms with E-state index in [0.717, 1.165) is 0 Å². The standard InChI is InChI=1S/C20H13Cl2N3O3/c21-15-3-1-12(9-16(15)22)10-18-19(27)13-2-4-17(26)14(20(13)28-18)11-25(7-5-23)8-6-24/h1-4,9-10,26H,7-8,11H2. The molecule has 28 heavy (non-hydrogen) atoms. The number of nitrogens with zero attached hydrogens (tertiary/aromatic N) is 3. The van der Waals surface area contributed by atoms with E-state index >= 15 is 0 Å². The first-order valence-corrected chi connectivity index (χ1v) is 8.90. The van der Waals surface area contributed by atoms with Gasteiger partial charge in [0.25, 0.3) is 0 Å². The van der Waals surface area contributed by atoms with Gasteiger partial charge in [-0.1, -0.05) is 29.3 Å². The predicted molar refractivity (Wildman–Crippen MR) is 104 cm³/mol. The summed E-state index contributed by atoms with van der Waals surface area (Å²) in [5.41, 5.74) is 1.27. The monoisotopic (exact) mass is 413 g/mol. The number of fused-ring (bicyclic) bond motifs is 1. The number of Topliss-reactive ketones (excluding diaryl/α,β-unsaturated/α-hetero) is 1. The Morgan fingerprint density at radius 3 is 2.46 bits per heavy atom. The summed E-state index contributed by atoms with van der Waals surface area (Å²) in [5.74, 6) is -0.123. The van der Waals surface area contributed by atoms with Crippen LogP contribution in [-0.2, 0) is 6.54 Å². The number of ketones is 1. The summed E-state index contributed by atoms with van der Waals surface area (Å²) in [7, 11) is 0. The SMILES string of the molecule is N#CCN(CC#N)Cc1c(O)ccc2c1OC(=Cc1ccc(Cl)c(Cl)c1)C2=O. The van der Waals surface area contributed by atoms with Gasteiger partial charge < -0.3 is 9.84 Å². The minimum atomic E-state index is -0.338. The first-order chi connectivity index (χ1) is 13.4. The molecule has 0 atom stereocenters. The molecule has 1 aliphatic heterocycles. The minimum absolute atomic E-state index is 0.00339. The average molecular weight is 414 g/mol. The number of benzene rings is 2. The van der Waals surface area contributed by atoms with Gasteiger partial charge in [-0.15, -0.1) is 0 Å². The van der Waals surface area contributed by atoms with Crippen molar-refractivity contribution in [3.05, 3.63) is 62.8 Å². The van der Waals surface area contributed by atoms with Crippen LogP contribution in [0.25, 0.3) is 6.08 Å². The zero-order valence-corrected chi connectivity index (χ0v) is 16.0. The molecule has 2 aromatic carbocycles. The number of hydrogen-bond acceptors (Lipinski definition) is 6. The van der Waals surface area contributed by atoms with Crippen molar-refractivity contribution >= 4 is 35.1 Å². The van der Waals surface area contributed by atoms with Crippen molar-refractivity contribution in [1.29, 1.82) is 10.5 Å². The minimum Gasteiger partial charge on any atom is -0.507 e. The molecule has 1 N–H and O–H groups in total. The first kappa shape index (κ1) is 19.7. The van der Waals surface area contributed by atoms with Gasteiger partial charge in [-0.2, -0.15) is 10.5 Å². The second kappa shape index (κ2) is 8.33. The molecule has 1 heterocycles. The molecule has 0 fully saturated rings. The number of carbonyl (C=O) groups is 1. The van der Waals surface area contributed by atoms with Gasteiger partial charge in [0.05, 0.1) is 46.4 Å². The smallest absolute Gasteiger partial charge is 0.231 e. The highest BCUT2D eigenvalue weighted by atomic mass is 35.5. The maximum Gasteiger partial charge on any atom is 0.231 e. The number of carbonyl (C=O) groups excluding carboxylic acids is 1. The molecular formula is C20H13Cl2N3O3. The molecule has 3 rings (SSSR count). The Hall–Kier alpha value is -3.03. The third-order valence-electron chi connectivity index (χ3n) is 4.13. The number of hydrogen-bond donors (Lipinski definition) is 1. The van der Waals surface area contributed by atoms with Crippen LogP contribution in [0, 0.1) is 22.7 Å². The van der Waals surface area contributed by atoms with Gasteiger partial charge in [0.1, 0.15) is 11.5 Å². The number of phenols is 1. The molecule has 0 aliphatic carbocycles. The van der Waals surface area contributed by atoms with Gasteiger partial charge in [0.15, 0.2) is 5.76 Å². The van der Waals surface area contributed by atoms with Crippen molar-refractivity contribution in [2.45, 2.75) is 6.54 Å². The van der Waals surface area contributed by atoms with E-state index in [-0.39, 0.29) is 42.7 Å². The van der Waals surface area contributed by atoms with E-state index in [4.69, 9.17) is 38.5 Å². The van der Waals surface area contributed by atoms with E-state index in [9.17, 15) is 9.90 Å². The van der Waals surface area contributed by atoms with E-state index < -0.39 is 0 Å². The van der Waals surface area contributed by atoms with E-state index in [1.807, 2.05) is 12.1 Å². The molecule has 0 saturated carbocycles. The number of ether oxygens (including phenoxy) is 1. The molecule has 0 radical (unpaired) electrons. The highest BCUT2D eigenvalue weighted by Gasteiger charge is 2.31. The van der Waals surface area contributed by atoms with Crippen LogP contribution in [0.15, 0.2) is 36.1 Å². The third-order valence-corrected chi connectivity index (χ3v) is 4.87. The second-order valence-electron chi connectivity index (χ2n) is 6.01. The van der Waals surface area contributed by atoms with E-state index in [1.165, 1.54) is 23.1 Å². The number of rotatable bonds is 5. The quantitative estimate of drug-likeness (QED) is 0.583. The van der Waals surface area contributed by atoms with Crippen LogP contribution in [0.3, 0.4) is 0 Å². The molecule has 0 spiro atoms. The normalized spacial score (nSPS) is 13.9. The van der Waals surface area contributed by atoms with Crippen molar-refractivity contribution in [3.8, 4) is 23.6 Å². The average Bonchev–Trinajstić information content (AvgIpc) is 2.97. The number of allylic oxidation sites excluding steroid dienone is 1. The largest absolute Gasteiger partial charge is 0.507 e. The predicted octanol–water partition coefficient (Wildman–Crippen LogP) is 4.16. The summed E-state index contributed by atoms with van der Waals surface area (Å²) in [6.07, 6.45) is 1.54. The zero-order chi connectivity index (χ0) is 20.3. The lowest BCUT2D eigenvalue weighted by Crippen LogP contribution is -2.24. The molecule has 8 heteroatoms. The van der Waals surface area contributed by atoms with Crippen molar-refractivity contribution in [2.75, 3.05) is 13.1 Å². The van der Waals surface area contributed by atoms with Crippen molar-refractivity contribution in [2.24, 2.45) is 0 Å². The van der Waals surface area contributed by atoms with E-state index in [0.29, 0.717) is 26.7 Å². The molecule has 0 unspecified atom stereocenters. The molecule has 6 nitrogen and oxygen atoms in total. The van der Waals surface area contributed by atoms with Crippen LogP contribution in [0.2, 0.25) is 10.0 Å². The Balaban J connectivity index is 1.96. The number of phenolic OH excluding ortho intramolecular Hbond substituents is 1. The molecule has 0 bridgehead atoms. The van der Waals surface area contributed by atoms with Gasteiger partial charge in [0.2, 0.25) is 5.78 Å². The fourth-order valence-corrected chi connectivity index (χ4v) is 3.10. The number of aromatic hydroxyl groups is 1. The Kier molecular flexibility index (Phi) is 5.87. The molecule has 0 saturated heterocycles. The van der Waals surface area contributed by atoms with Crippen LogP contribution in [0.1, 0.15) is 21.5 Å². The lowest BCUT2D eigenvalue weighted by Gasteiger charge is -2.17. The molecule has 140 valence electrons. The van der Waals surface area contributed by atoms with Crippen molar-refractivity contribution in [3.63, 3.8) is 0 Å². The van der Waals surface area contributed by atoms with Crippen LogP contribution < -0.4 is 4.74 Å². The van der Waals surface area contributed by atoms with Gasteiger partial charge in [-0.25, -0.2) is 0 Å². The fraction of sp³-hybridized carbons (Fsp3) is 0.150. The number of nitriles is 2. The lowest BCUT2D eigenvalue weighted by atomic mass is 10.0. The van der Waals surface area contributed by atoms with E-state index in [2.05, 4.69) is 0 Å². The Morgan fingerprint density at radius 2 is 1.82 bits per heavy atom. The number of halogens is 2. The molecule has 2 aromatic rings. The Labute approximate surface area is 171 Å². The summed E-state index contributed by atoms with van der Waals surface area (Å²) >= 11 is 11.9. The van der Waals surface area contributed by atoms with Gasteiger partial charge in [-0.05, 0) is 35.9 Å². The lowest BCUT2D eigenvalue weighted by molar-refractivity contribution is 0.101.